The molecule has 2 bridgehead atoms. The van der Waals surface area contributed by atoms with Gasteiger partial charge in [0, 0.05) is 18.8 Å². The Morgan fingerprint density at radius 3 is 2.58 bits per heavy atom. The number of rotatable bonds is 11. The van der Waals surface area contributed by atoms with Crippen molar-refractivity contribution in [1.29, 1.82) is 0 Å². The van der Waals surface area contributed by atoms with Crippen LogP contribution in [-0.4, -0.2) is 73.9 Å². The van der Waals surface area contributed by atoms with Crippen LogP contribution in [-0.2, 0) is 32.1 Å². The van der Waals surface area contributed by atoms with Crippen molar-refractivity contribution in [3.05, 3.63) is 89.0 Å². The molecule has 36 heavy (non-hydrogen) atoms. The minimum absolute atomic E-state index is 0.0902. The second-order valence-electron chi connectivity index (χ2n) is 9.28. The fourth-order valence-electron chi connectivity index (χ4n) is 4.76. The Kier molecular flexibility index (Phi) is 7.88. The lowest BCUT2D eigenvalue weighted by Gasteiger charge is -2.36. The predicted octanol–water partition coefficient (Wildman–Crippen LogP) is 2.06. The second-order valence-corrected chi connectivity index (χ2v) is 9.28. The summed E-state index contributed by atoms with van der Waals surface area (Å²) >= 11 is 0. The molecule has 0 saturated heterocycles. The van der Waals surface area contributed by atoms with Gasteiger partial charge in [0.2, 0.25) is 0 Å². The molecule has 8 heteroatoms. The van der Waals surface area contributed by atoms with Crippen molar-refractivity contribution >= 4 is 17.6 Å². The van der Waals surface area contributed by atoms with E-state index in [2.05, 4.69) is 10.6 Å². The van der Waals surface area contributed by atoms with Crippen molar-refractivity contribution in [3.8, 4) is 0 Å². The third-order valence-corrected chi connectivity index (χ3v) is 6.51. The van der Waals surface area contributed by atoms with Crippen LogP contribution in [0.2, 0.25) is 0 Å². The summed E-state index contributed by atoms with van der Waals surface area (Å²) in [6, 6.07) is 16.9. The van der Waals surface area contributed by atoms with E-state index in [0.29, 0.717) is 19.5 Å². The van der Waals surface area contributed by atoms with Crippen LogP contribution in [0.15, 0.2) is 77.9 Å². The van der Waals surface area contributed by atoms with Crippen molar-refractivity contribution in [1.82, 2.24) is 10.2 Å². The number of anilines is 1. The van der Waals surface area contributed by atoms with E-state index in [1.165, 1.54) is 7.11 Å². The molecule has 2 aromatic rings. The van der Waals surface area contributed by atoms with Gasteiger partial charge in [-0.2, -0.15) is 0 Å². The maximum Gasteiger partial charge on any atom is 0.337 e. The van der Waals surface area contributed by atoms with Gasteiger partial charge in [-0.25, -0.2) is 4.79 Å². The highest BCUT2D eigenvalue weighted by molar-refractivity contribution is 6.07. The van der Waals surface area contributed by atoms with E-state index < -0.39 is 23.7 Å². The van der Waals surface area contributed by atoms with E-state index in [1.807, 2.05) is 85.7 Å². The fourth-order valence-corrected chi connectivity index (χ4v) is 4.76. The Morgan fingerprint density at radius 1 is 1.14 bits per heavy atom. The molecule has 3 atom stereocenters. The number of ether oxygens (including phenoxy) is 2. The highest BCUT2D eigenvalue weighted by Crippen LogP contribution is 2.47. The third kappa shape index (κ3) is 5.21. The normalized spacial score (nSPS) is 21.1. The van der Waals surface area contributed by atoms with Gasteiger partial charge in [-0.3, -0.25) is 4.79 Å². The molecule has 3 unspecified atom stereocenters. The summed E-state index contributed by atoms with van der Waals surface area (Å²) in [5.74, 6) is -0.933. The molecule has 1 amide bonds. The van der Waals surface area contributed by atoms with E-state index in [0.717, 1.165) is 16.8 Å². The van der Waals surface area contributed by atoms with Crippen molar-refractivity contribution in [2.75, 3.05) is 39.6 Å². The standard InChI is InChI=1S/C28H33N3O5/c1-31(2)15-14-29-26(33)24-22-12-13-28(36-22,25(24)27(34)35-3)23(17-19-8-5-4-6-9-19)30-21-11-7-10-20(16-21)18-32/h4-13,16,22-23,30,32H,14-15,17-18H2,1-3H3,(H,29,33). The summed E-state index contributed by atoms with van der Waals surface area (Å²) < 4.78 is 11.6. The first-order valence-corrected chi connectivity index (χ1v) is 12.0. The number of nitrogens with zero attached hydrogens (tertiary/aromatic N) is 1. The number of esters is 1. The zero-order valence-electron chi connectivity index (χ0n) is 20.9. The number of nitrogens with one attached hydrogen (secondary N) is 2. The molecule has 2 aromatic carbocycles. The molecule has 3 N–H and O–H groups in total. The minimum Gasteiger partial charge on any atom is -0.466 e. The number of carbonyl (C=O) groups is 2. The molecule has 190 valence electrons. The number of hydrogen-bond donors (Lipinski definition) is 3. The van der Waals surface area contributed by atoms with Crippen LogP contribution in [0.3, 0.4) is 0 Å². The first-order valence-electron chi connectivity index (χ1n) is 12.0. The molecule has 0 aliphatic carbocycles. The highest BCUT2D eigenvalue weighted by Gasteiger charge is 2.58. The number of carbonyl (C=O) groups excluding carboxylic acids is 2. The molecule has 2 heterocycles. The van der Waals surface area contributed by atoms with Crippen LogP contribution in [0.25, 0.3) is 0 Å². The molecular formula is C28H33N3O5. The molecule has 2 aliphatic rings. The van der Waals surface area contributed by atoms with Crippen molar-refractivity contribution in [2.24, 2.45) is 0 Å². The molecule has 0 saturated carbocycles. The maximum atomic E-state index is 13.3. The molecule has 0 aromatic heterocycles. The van der Waals surface area contributed by atoms with Gasteiger partial charge in [0.1, 0.15) is 11.7 Å². The summed E-state index contributed by atoms with van der Waals surface area (Å²) in [6.07, 6.45) is 3.55. The number of methoxy groups -OCH3 is 1. The van der Waals surface area contributed by atoms with Gasteiger partial charge in [-0.05, 0) is 49.9 Å². The van der Waals surface area contributed by atoms with Crippen LogP contribution in [0, 0.1) is 0 Å². The number of hydrogen-bond acceptors (Lipinski definition) is 7. The summed E-state index contributed by atoms with van der Waals surface area (Å²) in [4.78, 5) is 28.4. The average Bonchev–Trinajstić information content (AvgIpc) is 3.46. The minimum atomic E-state index is -1.21. The number of fused-ring (bicyclic) bond motifs is 2. The zero-order chi connectivity index (χ0) is 25.7. The highest BCUT2D eigenvalue weighted by atomic mass is 16.5. The Hall–Kier alpha value is -3.46. The Bertz CT molecular complexity index is 1160. The van der Waals surface area contributed by atoms with Gasteiger partial charge in [0.15, 0.2) is 0 Å². The Morgan fingerprint density at radius 2 is 1.89 bits per heavy atom. The number of aliphatic hydroxyl groups is 1. The summed E-state index contributed by atoms with van der Waals surface area (Å²) in [6.45, 7) is 1.01. The first-order chi connectivity index (χ1) is 17.4. The van der Waals surface area contributed by atoms with Crippen LogP contribution >= 0.6 is 0 Å². The van der Waals surface area contributed by atoms with Crippen LogP contribution in [0.5, 0.6) is 0 Å². The monoisotopic (exact) mass is 491 g/mol. The number of aliphatic hydroxyl groups excluding tert-OH is 1. The van der Waals surface area contributed by atoms with Crippen LogP contribution in [0.1, 0.15) is 11.1 Å². The van der Waals surface area contributed by atoms with E-state index in [4.69, 9.17) is 9.47 Å². The molecule has 2 aliphatic heterocycles. The predicted molar refractivity (Wildman–Crippen MR) is 137 cm³/mol. The number of likely N-dealkylation sites (N-methyl/N-ethyl adjacent to an activating group) is 1. The van der Waals surface area contributed by atoms with Crippen molar-refractivity contribution in [2.45, 2.75) is 30.8 Å². The SMILES string of the molecule is COC(=O)C1=C(C(=O)NCCN(C)C)C2C=CC1(C(Cc1ccccc1)Nc1cccc(CO)c1)O2. The Balaban J connectivity index is 1.75. The number of amides is 1. The molecular weight excluding hydrogens is 458 g/mol. The molecule has 0 fully saturated rings. The lowest BCUT2D eigenvalue weighted by atomic mass is 9.78. The molecule has 0 spiro atoms. The molecule has 8 nitrogen and oxygen atoms in total. The topological polar surface area (TPSA) is 100 Å². The summed E-state index contributed by atoms with van der Waals surface area (Å²) in [7, 11) is 5.16. The second kappa shape index (κ2) is 11.1. The van der Waals surface area contributed by atoms with Crippen LogP contribution in [0.4, 0.5) is 5.69 Å². The van der Waals surface area contributed by atoms with E-state index in [1.54, 1.807) is 0 Å². The van der Waals surface area contributed by atoms with E-state index in [9.17, 15) is 14.7 Å². The van der Waals surface area contributed by atoms with Gasteiger partial charge in [-0.15, -0.1) is 0 Å². The quantitative estimate of drug-likeness (QED) is 0.327. The van der Waals surface area contributed by atoms with Gasteiger partial charge < -0.3 is 30.1 Å². The van der Waals surface area contributed by atoms with Gasteiger partial charge in [0.05, 0.1) is 30.9 Å². The van der Waals surface area contributed by atoms with E-state index in [-0.39, 0.29) is 23.7 Å². The summed E-state index contributed by atoms with van der Waals surface area (Å²) in [5.41, 5.74) is 1.85. The van der Waals surface area contributed by atoms with Crippen molar-refractivity contribution < 1.29 is 24.2 Å². The van der Waals surface area contributed by atoms with Crippen LogP contribution < -0.4 is 10.6 Å². The van der Waals surface area contributed by atoms with Crippen molar-refractivity contribution in [3.63, 3.8) is 0 Å². The Labute approximate surface area is 211 Å². The fraction of sp³-hybridized carbons (Fsp3) is 0.357. The number of benzene rings is 2. The largest absolute Gasteiger partial charge is 0.466 e. The van der Waals surface area contributed by atoms with Gasteiger partial charge in [-0.1, -0.05) is 48.5 Å². The lowest BCUT2D eigenvalue weighted by molar-refractivity contribution is -0.138. The smallest absolute Gasteiger partial charge is 0.337 e. The first kappa shape index (κ1) is 25.6. The lowest BCUT2D eigenvalue weighted by Crippen LogP contribution is -2.49. The molecule has 4 rings (SSSR count). The maximum absolute atomic E-state index is 13.3. The third-order valence-electron chi connectivity index (χ3n) is 6.51. The summed E-state index contributed by atoms with van der Waals surface area (Å²) in [5, 5.41) is 16.0. The average molecular weight is 492 g/mol. The van der Waals surface area contributed by atoms with E-state index >= 15 is 0 Å². The van der Waals surface area contributed by atoms with Gasteiger partial charge in [0.25, 0.3) is 5.91 Å². The zero-order valence-corrected chi connectivity index (χ0v) is 20.9. The molecule has 0 radical (unpaired) electrons. The van der Waals surface area contributed by atoms with Gasteiger partial charge >= 0.3 is 5.97 Å².